The van der Waals surface area contributed by atoms with Crippen molar-refractivity contribution in [2.24, 2.45) is 0 Å². The van der Waals surface area contributed by atoms with Gasteiger partial charge < -0.3 is 15.2 Å². The van der Waals surface area contributed by atoms with Gasteiger partial charge in [-0.1, -0.05) is 11.6 Å². The summed E-state index contributed by atoms with van der Waals surface area (Å²) in [6, 6.07) is 4.69. The Balaban J connectivity index is 3.10. The zero-order valence-electron chi connectivity index (χ0n) is 10.7. The molecular formula is C12H12ClN3O3. The van der Waals surface area contributed by atoms with Crippen molar-refractivity contribution in [3.8, 4) is 5.75 Å². The summed E-state index contributed by atoms with van der Waals surface area (Å²) in [6.07, 6.45) is 0. The molecule has 0 aliphatic rings. The molecular weight excluding hydrogens is 270 g/mol. The standard InChI is InChI=1S/C12H12ClN3O3/c1-7(17)11(15-14)12(18)16(2)8-4-5-10(19-3)9(13)6-8/h4-6H,1-3H3. The molecule has 0 heterocycles. The van der Waals surface area contributed by atoms with Crippen molar-refractivity contribution in [2.45, 2.75) is 6.92 Å². The van der Waals surface area contributed by atoms with Crippen molar-refractivity contribution < 1.29 is 19.1 Å². The molecule has 0 fully saturated rings. The van der Waals surface area contributed by atoms with Crippen molar-refractivity contribution in [2.75, 3.05) is 19.1 Å². The van der Waals surface area contributed by atoms with Crippen molar-refractivity contribution in [1.82, 2.24) is 0 Å². The van der Waals surface area contributed by atoms with E-state index in [9.17, 15) is 9.59 Å². The van der Waals surface area contributed by atoms with Gasteiger partial charge in [0.1, 0.15) is 5.75 Å². The number of ketones is 1. The Kier molecular flexibility index (Phi) is 4.80. The summed E-state index contributed by atoms with van der Waals surface area (Å²) in [7, 11) is 2.91. The van der Waals surface area contributed by atoms with Gasteiger partial charge in [-0.15, -0.1) is 0 Å². The van der Waals surface area contributed by atoms with E-state index in [1.807, 2.05) is 0 Å². The van der Waals surface area contributed by atoms with Gasteiger partial charge in [0.2, 0.25) is 5.78 Å². The van der Waals surface area contributed by atoms with Crippen LogP contribution in [0.1, 0.15) is 6.92 Å². The third-order valence-corrected chi connectivity index (χ3v) is 2.76. The molecule has 0 radical (unpaired) electrons. The number of benzene rings is 1. The number of rotatable bonds is 4. The van der Waals surface area contributed by atoms with E-state index in [0.717, 1.165) is 11.8 Å². The summed E-state index contributed by atoms with van der Waals surface area (Å²) < 4.78 is 4.99. The van der Waals surface area contributed by atoms with Crippen molar-refractivity contribution in [3.05, 3.63) is 28.8 Å². The minimum Gasteiger partial charge on any atom is -0.495 e. The lowest BCUT2D eigenvalue weighted by atomic mass is 10.2. The SMILES string of the molecule is COc1ccc(N(C)C(=O)C(=[N+]=[N-])C(C)=O)cc1Cl. The number of halogens is 1. The van der Waals surface area contributed by atoms with E-state index in [1.54, 1.807) is 12.1 Å². The zero-order chi connectivity index (χ0) is 14.6. The highest BCUT2D eigenvalue weighted by Gasteiger charge is 2.29. The Bertz CT molecular complexity index is 580. The van der Waals surface area contributed by atoms with Crippen molar-refractivity contribution >= 4 is 34.7 Å². The number of anilines is 1. The van der Waals surface area contributed by atoms with Gasteiger partial charge in [-0.05, 0) is 18.2 Å². The van der Waals surface area contributed by atoms with Crippen LogP contribution in [0.4, 0.5) is 5.69 Å². The van der Waals surface area contributed by atoms with Gasteiger partial charge in [0, 0.05) is 19.7 Å². The number of methoxy groups -OCH3 is 1. The Morgan fingerprint density at radius 1 is 1.42 bits per heavy atom. The topological polar surface area (TPSA) is 83.0 Å². The maximum Gasteiger partial charge on any atom is 0.421 e. The van der Waals surface area contributed by atoms with E-state index in [4.69, 9.17) is 21.9 Å². The molecule has 0 unspecified atom stereocenters. The van der Waals surface area contributed by atoms with Gasteiger partial charge in [0.15, 0.2) is 0 Å². The molecule has 0 bridgehead atoms. The second-order valence-corrected chi connectivity index (χ2v) is 4.10. The Morgan fingerprint density at radius 3 is 2.47 bits per heavy atom. The summed E-state index contributed by atoms with van der Waals surface area (Å²) in [4.78, 5) is 26.9. The fraction of sp³-hybridized carbons (Fsp3) is 0.250. The van der Waals surface area contributed by atoms with Gasteiger partial charge in [-0.3, -0.25) is 9.59 Å². The molecule has 1 aromatic rings. The second kappa shape index (κ2) is 6.13. The van der Waals surface area contributed by atoms with Crippen LogP contribution in [0.5, 0.6) is 5.75 Å². The van der Waals surface area contributed by atoms with Gasteiger partial charge in [-0.25, -0.2) is 0 Å². The monoisotopic (exact) mass is 281 g/mol. The molecule has 1 rings (SSSR count). The molecule has 0 saturated carbocycles. The number of hydrogen-bond acceptors (Lipinski definition) is 3. The number of hydrogen-bond donors (Lipinski definition) is 0. The average molecular weight is 282 g/mol. The lowest BCUT2D eigenvalue weighted by Gasteiger charge is -2.15. The second-order valence-electron chi connectivity index (χ2n) is 3.69. The number of carbonyl (C=O) groups is 2. The number of amides is 1. The van der Waals surface area contributed by atoms with E-state index in [2.05, 4.69) is 4.79 Å². The third kappa shape index (κ3) is 3.19. The van der Waals surface area contributed by atoms with E-state index in [0.29, 0.717) is 16.5 Å². The average Bonchev–Trinajstić information content (AvgIpc) is 2.37. The molecule has 7 heteroatoms. The minimum atomic E-state index is -0.726. The zero-order valence-corrected chi connectivity index (χ0v) is 11.4. The Hall–Kier alpha value is -2.17. The molecule has 6 nitrogen and oxygen atoms in total. The van der Waals surface area contributed by atoms with Gasteiger partial charge >= 0.3 is 11.6 Å². The first-order valence-corrected chi connectivity index (χ1v) is 5.64. The fourth-order valence-corrected chi connectivity index (χ4v) is 1.66. The molecule has 1 aromatic carbocycles. The molecule has 0 atom stereocenters. The number of carbonyl (C=O) groups excluding carboxylic acids is 2. The minimum absolute atomic E-state index is 0.324. The number of ether oxygens (including phenoxy) is 1. The molecule has 0 aromatic heterocycles. The lowest BCUT2D eigenvalue weighted by Crippen LogP contribution is -2.37. The smallest absolute Gasteiger partial charge is 0.421 e. The predicted molar refractivity (Wildman–Crippen MR) is 70.7 cm³/mol. The van der Waals surface area contributed by atoms with Crippen LogP contribution in [-0.2, 0) is 9.59 Å². The highest BCUT2D eigenvalue weighted by Crippen LogP contribution is 2.28. The first-order chi connectivity index (χ1) is 8.92. The fourth-order valence-electron chi connectivity index (χ4n) is 1.40. The summed E-state index contributed by atoms with van der Waals surface area (Å²) >= 11 is 5.94. The van der Waals surface area contributed by atoms with Crippen LogP contribution in [0.25, 0.3) is 5.53 Å². The van der Waals surface area contributed by atoms with Gasteiger partial charge in [0.05, 0.1) is 12.1 Å². The summed E-state index contributed by atoms with van der Waals surface area (Å²) in [5.74, 6) is -0.885. The van der Waals surface area contributed by atoms with Crippen LogP contribution in [0, 0.1) is 0 Å². The van der Waals surface area contributed by atoms with Gasteiger partial charge in [0.25, 0.3) is 0 Å². The van der Waals surface area contributed by atoms with Crippen LogP contribution < -0.4 is 9.64 Å². The van der Waals surface area contributed by atoms with Crippen LogP contribution in [-0.4, -0.2) is 36.3 Å². The van der Waals surface area contributed by atoms with E-state index in [-0.39, 0.29) is 0 Å². The largest absolute Gasteiger partial charge is 0.495 e. The Labute approximate surface area is 115 Å². The summed E-state index contributed by atoms with van der Waals surface area (Å²) in [5.41, 5.74) is 8.57. The third-order valence-electron chi connectivity index (χ3n) is 2.46. The molecule has 19 heavy (non-hydrogen) atoms. The Morgan fingerprint density at radius 2 is 2.05 bits per heavy atom. The van der Waals surface area contributed by atoms with Crippen molar-refractivity contribution in [1.29, 1.82) is 0 Å². The number of nitrogens with zero attached hydrogens (tertiary/aromatic N) is 3. The molecule has 0 N–H and O–H groups in total. The molecule has 0 aliphatic carbocycles. The lowest BCUT2D eigenvalue weighted by molar-refractivity contribution is -0.122. The molecule has 100 valence electrons. The highest BCUT2D eigenvalue weighted by molar-refractivity contribution is 6.65. The quantitative estimate of drug-likeness (QED) is 0.363. The summed E-state index contributed by atoms with van der Waals surface area (Å²) in [6.45, 7) is 1.14. The van der Waals surface area contributed by atoms with Crippen molar-refractivity contribution in [3.63, 3.8) is 0 Å². The first kappa shape index (κ1) is 14.9. The van der Waals surface area contributed by atoms with E-state index in [1.165, 1.54) is 20.2 Å². The molecule has 1 amide bonds. The summed E-state index contributed by atoms with van der Waals surface area (Å²) in [5, 5.41) is 0.324. The van der Waals surface area contributed by atoms with Crippen LogP contribution in [0.15, 0.2) is 18.2 Å². The molecule has 0 saturated heterocycles. The predicted octanol–water partition coefficient (Wildman–Crippen LogP) is 1.57. The van der Waals surface area contributed by atoms with E-state index >= 15 is 0 Å². The van der Waals surface area contributed by atoms with E-state index < -0.39 is 17.4 Å². The highest BCUT2D eigenvalue weighted by atomic mass is 35.5. The van der Waals surface area contributed by atoms with Crippen LogP contribution >= 0.6 is 11.6 Å². The first-order valence-electron chi connectivity index (χ1n) is 5.27. The molecule has 0 aliphatic heterocycles. The van der Waals surface area contributed by atoms with Gasteiger partial charge in [-0.2, -0.15) is 4.79 Å². The number of Topliss-reactive ketones (excluding diaryl/α,β-unsaturated/α-hetero) is 1. The maximum atomic E-state index is 11.9. The maximum absolute atomic E-state index is 11.9. The van der Waals surface area contributed by atoms with Crippen LogP contribution in [0.3, 0.4) is 0 Å². The normalized spacial score (nSPS) is 9.47. The van der Waals surface area contributed by atoms with Crippen LogP contribution in [0.2, 0.25) is 5.02 Å². The molecule has 0 spiro atoms.